The molecule has 0 N–H and O–H groups in total. The molecule has 0 spiro atoms. The number of hydrogen-bond donors (Lipinski definition) is 0. The Kier molecular flexibility index (Phi) is 4.18. The first-order chi connectivity index (χ1) is 7.88. The van der Waals surface area contributed by atoms with Crippen LogP contribution in [-0.4, -0.2) is 20.7 Å². The van der Waals surface area contributed by atoms with Crippen molar-refractivity contribution < 1.29 is 0 Å². The molecular weight excluding hydrogens is 238 g/mol. The van der Waals surface area contributed by atoms with Gasteiger partial charge in [0.1, 0.15) is 5.03 Å². The molecule has 0 amide bonds. The van der Waals surface area contributed by atoms with Crippen LogP contribution in [0.3, 0.4) is 0 Å². The maximum atomic E-state index is 4.44. The molecule has 2 rings (SSSR count). The van der Waals surface area contributed by atoms with E-state index < -0.39 is 0 Å². The highest BCUT2D eigenvalue weighted by atomic mass is 32.2. The van der Waals surface area contributed by atoms with Crippen LogP contribution in [0.25, 0.3) is 0 Å². The van der Waals surface area contributed by atoms with E-state index in [4.69, 9.17) is 0 Å². The summed E-state index contributed by atoms with van der Waals surface area (Å²) >= 11 is 3.25. The summed E-state index contributed by atoms with van der Waals surface area (Å²) in [6.07, 6.45) is 5.39. The minimum absolute atomic E-state index is 0.830. The minimum atomic E-state index is 0.830. The second-order valence-electron chi connectivity index (χ2n) is 2.90. The standard InChI is InChI=1S/C11H11N3S2/c1-2-15-11-13-7-5-10(14-11)16-9-4-3-6-12-8-9/h3-8H,2H2,1H3. The molecule has 0 saturated heterocycles. The van der Waals surface area contributed by atoms with Crippen molar-refractivity contribution >= 4 is 23.5 Å². The molecule has 16 heavy (non-hydrogen) atoms. The molecule has 0 unspecified atom stereocenters. The molecule has 2 aromatic heterocycles. The maximum Gasteiger partial charge on any atom is 0.188 e. The molecule has 0 aliphatic rings. The third-order valence-electron chi connectivity index (χ3n) is 1.74. The molecular formula is C11H11N3S2. The average Bonchev–Trinajstić information content (AvgIpc) is 2.31. The van der Waals surface area contributed by atoms with Gasteiger partial charge in [-0.2, -0.15) is 0 Å². The summed E-state index contributed by atoms with van der Waals surface area (Å²) in [5.41, 5.74) is 0. The molecule has 0 fully saturated rings. The molecule has 0 aromatic carbocycles. The first-order valence-electron chi connectivity index (χ1n) is 4.92. The SMILES string of the molecule is CCSc1nccc(Sc2cccnc2)n1. The molecule has 82 valence electrons. The van der Waals surface area contributed by atoms with Crippen LogP contribution in [0, 0.1) is 0 Å². The van der Waals surface area contributed by atoms with Crippen LogP contribution in [0.15, 0.2) is 51.9 Å². The lowest BCUT2D eigenvalue weighted by atomic mass is 10.5. The number of rotatable bonds is 4. The Morgan fingerprint density at radius 2 is 2.19 bits per heavy atom. The van der Waals surface area contributed by atoms with E-state index >= 15 is 0 Å². The molecule has 2 heterocycles. The normalized spacial score (nSPS) is 10.3. The van der Waals surface area contributed by atoms with Crippen molar-refractivity contribution in [3.63, 3.8) is 0 Å². The van der Waals surface area contributed by atoms with E-state index in [9.17, 15) is 0 Å². The van der Waals surface area contributed by atoms with Crippen molar-refractivity contribution in [1.29, 1.82) is 0 Å². The van der Waals surface area contributed by atoms with Crippen molar-refractivity contribution in [2.45, 2.75) is 22.0 Å². The summed E-state index contributed by atoms with van der Waals surface area (Å²) in [5, 5.41) is 1.79. The highest BCUT2D eigenvalue weighted by Crippen LogP contribution is 2.25. The van der Waals surface area contributed by atoms with Gasteiger partial charge in [0.05, 0.1) is 0 Å². The Morgan fingerprint density at radius 3 is 2.94 bits per heavy atom. The van der Waals surface area contributed by atoms with Crippen LogP contribution in [0.1, 0.15) is 6.92 Å². The van der Waals surface area contributed by atoms with Crippen molar-refractivity contribution in [3.8, 4) is 0 Å². The Balaban J connectivity index is 2.12. The quantitative estimate of drug-likeness (QED) is 0.473. The summed E-state index contributed by atoms with van der Waals surface area (Å²) in [5.74, 6) is 0.987. The summed E-state index contributed by atoms with van der Waals surface area (Å²) in [7, 11) is 0. The zero-order valence-corrected chi connectivity index (χ0v) is 10.5. The van der Waals surface area contributed by atoms with Crippen LogP contribution >= 0.6 is 23.5 Å². The maximum absolute atomic E-state index is 4.44. The van der Waals surface area contributed by atoms with Crippen molar-refractivity contribution in [2.75, 3.05) is 5.75 Å². The number of thioether (sulfide) groups is 1. The third kappa shape index (κ3) is 3.21. The summed E-state index contributed by atoms with van der Waals surface area (Å²) in [4.78, 5) is 13.8. The zero-order chi connectivity index (χ0) is 11.2. The first kappa shape index (κ1) is 11.4. The Labute approximate surface area is 103 Å². The Bertz CT molecular complexity index is 448. The van der Waals surface area contributed by atoms with Gasteiger partial charge in [0.15, 0.2) is 5.16 Å². The fraction of sp³-hybridized carbons (Fsp3) is 0.182. The van der Waals surface area contributed by atoms with Gasteiger partial charge in [0.25, 0.3) is 0 Å². The number of pyridine rings is 1. The highest BCUT2D eigenvalue weighted by molar-refractivity contribution is 7.99. The van der Waals surface area contributed by atoms with Gasteiger partial charge in [0.2, 0.25) is 0 Å². The molecule has 0 atom stereocenters. The lowest BCUT2D eigenvalue weighted by Gasteiger charge is -2.01. The predicted molar refractivity (Wildman–Crippen MR) is 66.8 cm³/mol. The third-order valence-corrected chi connectivity index (χ3v) is 3.40. The zero-order valence-electron chi connectivity index (χ0n) is 8.83. The lowest BCUT2D eigenvalue weighted by molar-refractivity contribution is 0.891. The van der Waals surface area contributed by atoms with Gasteiger partial charge >= 0.3 is 0 Å². The second-order valence-corrected chi connectivity index (χ2v) is 5.23. The van der Waals surface area contributed by atoms with Gasteiger partial charge in [-0.1, -0.05) is 30.4 Å². The molecule has 3 nitrogen and oxygen atoms in total. The smallest absolute Gasteiger partial charge is 0.188 e. The van der Waals surface area contributed by atoms with E-state index in [1.807, 2.05) is 24.4 Å². The van der Waals surface area contributed by atoms with Crippen molar-refractivity contribution in [1.82, 2.24) is 15.0 Å². The predicted octanol–water partition coefficient (Wildman–Crippen LogP) is 3.13. The molecule has 0 radical (unpaired) electrons. The van der Waals surface area contributed by atoms with Gasteiger partial charge in [-0.25, -0.2) is 9.97 Å². The highest BCUT2D eigenvalue weighted by Gasteiger charge is 2.01. The molecule has 0 aliphatic heterocycles. The summed E-state index contributed by atoms with van der Waals surface area (Å²) < 4.78 is 0. The van der Waals surface area contributed by atoms with E-state index in [1.54, 1.807) is 35.9 Å². The minimum Gasteiger partial charge on any atom is -0.264 e. The molecule has 2 aromatic rings. The summed E-state index contributed by atoms with van der Waals surface area (Å²) in [6, 6.07) is 5.86. The van der Waals surface area contributed by atoms with Crippen LogP contribution in [0.4, 0.5) is 0 Å². The van der Waals surface area contributed by atoms with Gasteiger partial charge in [-0.05, 0) is 24.0 Å². The van der Waals surface area contributed by atoms with Crippen molar-refractivity contribution in [3.05, 3.63) is 36.8 Å². The van der Waals surface area contributed by atoms with Crippen LogP contribution in [-0.2, 0) is 0 Å². The van der Waals surface area contributed by atoms with Gasteiger partial charge in [-0.3, -0.25) is 4.98 Å². The fourth-order valence-corrected chi connectivity index (χ4v) is 2.49. The monoisotopic (exact) mass is 249 g/mol. The average molecular weight is 249 g/mol. The molecule has 5 heteroatoms. The number of aromatic nitrogens is 3. The van der Waals surface area contributed by atoms with Gasteiger partial charge in [0, 0.05) is 23.5 Å². The lowest BCUT2D eigenvalue weighted by Crippen LogP contribution is -1.88. The van der Waals surface area contributed by atoms with Crippen LogP contribution < -0.4 is 0 Å². The second kappa shape index (κ2) is 5.86. The largest absolute Gasteiger partial charge is 0.264 e. The van der Waals surface area contributed by atoms with E-state index in [-0.39, 0.29) is 0 Å². The van der Waals surface area contributed by atoms with E-state index in [1.165, 1.54) is 0 Å². The summed E-state index contributed by atoms with van der Waals surface area (Å²) in [6.45, 7) is 2.09. The number of nitrogens with zero attached hydrogens (tertiary/aromatic N) is 3. The Hall–Kier alpha value is -1.07. The first-order valence-corrected chi connectivity index (χ1v) is 6.72. The van der Waals surface area contributed by atoms with Crippen molar-refractivity contribution in [2.24, 2.45) is 0 Å². The van der Waals surface area contributed by atoms with E-state index in [0.29, 0.717) is 0 Å². The molecule has 0 saturated carbocycles. The van der Waals surface area contributed by atoms with E-state index in [2.05, 4.69) is 21.9 Å². The van der Waals surface area contributed by atoms with Crippen LogP contribution in [0.2, 0.25) is 0 Å². The van der Waals surface area contributed by atoms with Gasteiger partial charge < -0.3 is 0 Å². The molecule has 0 bridgehead atoms. The van der Waals surface area contributed by atoms with E-state index in [0.717, 1.165) is 20.8 Å². The fourth-order valence-electron chi connectivity index (χ4n) is 1.11. The van der Waals surface area contributed by atoms with Gasteiger partial charge in [-0.15, -0.1) is 0 Å². The number of hydrogen-bond acceptors (Lipinski definition) is 5. The van der Waals surface area contributed by atoms with Crippen LogP contribution in [0.5, 0.6) is 0 Å². The molecule has 0 aliphatic carbocycles. The Morgan fingerprint density at radius 1 is 1.25 bits per heavy atom. The topological polar surface area (TPSA) is 38.7 Å².